The molecule has 0 atom stereocenters. The Morgan fingerprint density at radius 2 is 1.84 bits per heavy atom. The normalized spacial score (nSPS) is 14.2. The Kier molecular flexibility index (Phi) is 7.97. The van der Waals surface area contributed by atoms with E-state index in [-0.39, 0.29) is 12.5 Å². The number of hydrogen-bond donors (Lipinski definition) is 0. The van der Waals surface area contributed by atoms with Crippen LogP contribution in [0.15, 0.2) is 66.4 Å². The van der Waals surface area contributed by atoms with Crippen LogP contribution in [-0.4, -0.2) is 36.7 Å². The molecule has 0 spiro atoms. The summed E-state index contributed by atoms with van der Waals surface area (Å²) in [5, 5.41) is 9.98. The number of halogens is 1. The molecule has 1 fully saturated rings. The number of ether oxygens (including phenoxy) is 3. The van der Waals surface area contributed by atoms with Crippen molar-refractivity contribution >= 4 is 46.6 Å². The molecule has 1 aliphatic rings. The molecule has 3 aromatic rings. The number of amides is 1. The standard InChI is InChI=1S/C28H24ClN3O4S/c1-4-35-22-11-9-21(10-12-22)32-27(33)24(31(2)28(32)37)14-18-13-23(29)26(25(15-18)34-3)36-17-20-8-6-5-7-19(20)16-30/h5-15H,4,17H2,1-3H3/b24-14-. The molecular weight excluding hydrogens is 510 g/mol. The molecule has 0 aliphatic carbocycles. The van der Waals surface area contributed by atoms with E-state index < -0.39 is 0 Å². The van der Waals surface area contributed by atoms with Gasteiger partial charge in [0.15, 0.2) is 16.6 Å². The van der Waals surface area contributed by atoms with Crippen LogP contribution < -0.4 is 19.1 Å². The molecule has 0 N–H and O–H groups in total. The maximum Gasteiger partial charge on any atom is 0.281 e. The second-order valence-electron chi connectivity index (χ2n) is 8.03. The lowest BCUT2D eigenvalue weighted by Gasteiger charge is -2.16. The van der Waals surface area contributed by atoms with E-state index in [4.69, 9.17) is 38.0 Å². The minimum Gasteiger partial charge on any atom is -0.494 e. The van der Waals surface area contributed by atoms with E-state index in [0.717, 1.165) is 5.56 Å². The van der Waals surface area contributed by atoms with Crippen molar-refractivity contribution < 1.29 is 19.0 Å². The average Bonchev–Trinajstić information content (AvgIpc) is 3.11. The predicted octanol–water partition coefficient (Wildman–Crippen LogP) is 5.80. The lowest BCUT2D eigenvalue weighted by atomic mass is 10.1. The number of methoxy groups -OCH3 is 1. The Labute approximate surface area is 226 Å². The molecule has 9 heteroatoms. The lowest BCUT2D eigenvalue weighted by Crippen LogP contribution is -2.31. The van der Waals surface area contributed by atoms with E-state index in [1.807, 2.05) is 19.1 Å². The van der Waals surface area contributed by atoms with Crippen molar-refractivity contribution in [1.82, 2.24) is 4.90 Å². The van der Waals surface area contributed by atoms with Crippen LogP contribution in [-0.2, 0) is 11.4 Å². The Hall–Kier alpha value is -4.06. The minimum absolute atomic E-state index is 0.146. The fourth-order valence-corrected chi connectivity index (χ4v) is 4.43. The zero-order valence-electron chi connectivity index (χ0n) is 20.5. The maximum atomic E-state index is 13.3. The van der Waals surface area contributed by atoms with E-state index in [0.29, 0.717) is 56.5 Å². The average molecular weight is 534 g/mol. The number of hydrogen-bond acceptors (Lipinski definition) is 6. The van der Waals surface area contributed by atoms with Crippen LogP contribution in [0.5, 0.6) is 17.2 Å². The number of likely N-dealkylation sites (N-methyl/N-ethyl adjacent to an activating group) is 1. The van der Waals surface area contributed by atoms with Gasteiger partial charge in [-0.25, -0.2) is 0 Å². The third-order valence-corrected chi connectivity index (χ3v) is 6.47. The fraction of sp³-hybridized carbons (Fsp3) is 0.179. The summed E-state index contributed by atoms with van der Waals surface area (Å²) in [7, 11) is 3.25. The van der Waals surface area contributed by atoms with Gasteiger partial charge >= 0.3 is 0 Å². The van der Waals surface area contributed by atoms with Gasteiger partial charge in [-0.3, -0.25) is 9.69 Å². The topological polar surface area (TPSA) is 75.0 Å². The van der Waals surface area contributed by atoms with Gasteiger partial charge in [0.2, 0.25) is 0 Å². The van der Waals surface area contributed by atoms with E-state index in [2.05, 4.69) is 6.07 Å². The first-order chi connectivity index (χ1) is 17.9. The van der Waals surface area contributed by atoms with Gasteiger partial charge in [0.05, 0.1) is 36.1 Å². The molecule has 4 rings (SSSR count). The summed E-state index contributed by atoms with van der Waals surface area (Å²) in [4.78, 5) is 16.5. The van der Waals surface area contributed by atoms with Crippen LogP contribution in [0.25, 0.3) is 6.08 Å². The van der Waals surface area contributed by atoms with E-state index in [1.54, 1.807) is 66.6 Å². The highest BCUT2D eigenvalue weighted by Gasteiger charge is 2.36. The Morgan fingerprint density at radius 3 is 2.51 bits per heavy atom. The Balaban J connectivity index is 1.60. The first-order valence-corrected chi connectivity index (χ1v) is 12.2. The molecule has 1 saturated heterocycles. The van der Waals surface area contributed by atoms with Gasteiger partial charge in [0, 0.05) is 12.6 Å². The van der Waals surface area contributed by atoms with Gasteiger partial charge in [-0.15, -0.1) is 0 Å². The van der Waals surface area contributed by atoms with Crippen molar-refractivity contribution in [2.24, 2.45) is 0 Å². The molecule has 1 heterocycles. The molecular formula is C28H24ClN3O4S. The fourth-order valence-electron chi connectivity index (χ4n) is 3.87. The number of nitriles is 1. The number of carbonyl (C=O) groups excluding carboxylic acids is 1. The zero-order valence-corrected chi connectivity index (χ0v) is 22.1. The van der Waals surface area contributed by atoms with E-state index in [9.17, 15) is 10.1 Å². The summed E-state index contributed by atoms with van der Waals surface area (Å²) in [6.45, 7) is 2.61. The first kappa shape index (κ1) is 26.0. The lowest BCUT2D eigenvalue weighted by molar-refractivity contribution is -0.114. The van der Waals surface area contributed by atoms with Crippen molar-refractivity contribution in [1.29, 1.82) is 5.26 Å². The quantitative estimate of drug-likeness (QED) is 0.267. The van der Waals surface area contributed by atoms with Crippen LogP contribution in [0.2, 0.25) is 5.02 Å². The summed E-state index contributed by atoms with van der Waals surface area (Å²) >= 11 is 12.1. The van der Waals surface area contributed by atoms with Crippen LogP contribution in [0.1, 0.15) is 23.6 Å². The molecule has 0 unspecified atom stereocenters. The zero-order chi connectivity index (χ0) is 26.5. The number of carbonyl (C=O) groups is 1. The second kappa shape index (κ2) is 11.3. The van der Waals surface area contributed by atoms with Crippen LogP contribution in [0, 0.1) is 11.3 Å². The third kappa shape index (κ3) is 5.38. The Morgan fingerprint density at radius 1 is 1.11 bits per heavy atom. The third-order valence-electron chi connectivity index (χ3n) is 5.73. The molecule has 37 heavy (non-hydrogen) atoms. The van der Waals surface area contributed by atoms with Crippen LogP contribution >= 0.6 is 23.8 Å². The van der Waals surface area contributed by atoms with E-state index >= 15 is 0 Å². The largest absolute Gasteiger partial charge is 0.494 e. The number of thiocarbonyl (C=S) groups is 1. The van der Waals surface area contributed by atoms with Crippen LogP contribution in [0.3, 0.4) is 0 Å². The molecule has 3 aromatic carbocycles. The Bertz CT molecular complexity index is 1420. The number of benzene rings is 3. The second-order valence-corrected chi connectivity index (χ2v) is 8.80. The molecule has 188 valence electrons. The smallest absolute Gasteiger partial charge is 0.281 e. The summed E-state index contributed by atoms with van der Waals surface area (Å²) in [6.07, 6.45) is 1.70. The number of rotatable bonds is 8. The summed E-state index contributed by atoms with van der Waals surface area (Å²) < 4.78 is 16.9. The van der Waals surface area contributed by atoms with Crippen molar-refractivity contribution in [2.75, 3.05) is 25.7 Å². The van der Waals surface area contributed by atoms with Crippen molar-refractivity contribution in [3.05, 3.63) is 88.1 Å². The predicted molar refractivity (Wildman–Crippen MR) is 147 cm³/mol. The molecule has 0 saturated carbocycles. The van der Waals surface area contributed by atoms with Gasteiger partial charge in [-0.05, 0) is 73.2 Å². The SMILES string of the molecule is CCOc1ccc(N2C(=O)/C(=C/c3cc(Cl)c(OCc4ccccc4C#N)c(OC)c3)N(C)C2=S)cc1. The first-order valence-electron chi connectivity index (χ1n) is 11.4. The molecule has 0 aromatic heterocycles. The highest BCUT2D eigenvalue weighted by atomic mass is 35.5. The molecule has 1 amide bonds. The van der Waals surface area contributed by atoms with Crippen molar-refractivity contribution in [3.8, 4) is 23.3 Å². The molecule has 0 radical (unpaired) electrons. The summed E-state index contributed by atoms with van der Waals surface area (Å²) in [5.41, 5.74) is 2.92. The minimum atomic E-state index is -0.264. The van der Waals surface area contributed by atoms with Gasteiger partial charge in [-0.2, -0.15) is 5.26 Å². The van der Waals surface area contributed by atoms with Gasteiger partial charge < -0.3 is 19.1 Å². The van der Waals surface area contributed by atoms with Gasteiger partial charge in [0.1, 0.15) is 18.1 Å². The molecule has 1 aliphatic heterocycles. The maximum absolute atomic E-state index is 13.3. The number of nitrogens with zero attached hydrogens (tertiary/aromatic N) is 3. The van der Waals surface area contributed by atoms with Crippen molar-refractivity contribution in [2.45, 2.75) is 13.5 Å². The summed E-state index contributed by atoms with van der Waals surface area (Å²) in [6, 6.07) is 19.9. The number of anilines is 1. The highest BCUT2D eigenvalue weighted by molar-refractivity contribution is 7.80. The van der Waals surface area contributed by atoms with E-state index in [1.165, 1.54) is 12.0 Å². The highest BCUT2D eigenvalue weighted by Crippen LogP contribution is 2.38. The van der Waals surface area contributed by atoms with Gasteiger partial charge in [-0.1, -0.05) is 29.8 Å². The summed E-state index contributed by atoms with van der Waals surface area (Å²) in [5.74, 6) is 1.19. The monoisotopic (exact) mass is 533 g/mol. The van der Waals surface area contributed by atoms with Crippen LogP contribution in [0.4, 0.5) is 5.69 Å². The molecule has 0 bridgehead atoms. The van der Waals surface area contributed by atoms with Gasteiger partial charge in [0.25, 0.3) is 5.91 Å². The molecule has 7 nitrogen and oxygen atoms in total. The van der Waals surface area contributed by atoms with Crippen molar-refractivity contribution in [3.63, 3.8) is 0 Å².